The fourth-order valence-corrected chi connectivity index (χ4v) is 2.55. The van der Waals surface area contributed by atoms with Gasteiger partial charge in [0.2, 0.25) is 0 Å². The molecular formula is C16H24N2O2. The van der Waals surface area contributed by atoms with E-state index in [0.29, 0.717) is 6.54 Å². The number of carbonyl (C=O) groups is 1. The van der Waals surface area contributed by atoms with Crippen LogP contribution in [0.2, 0.25) is 0 Å². The van der Waals surface area contributed by atoms with Gasteiger partial charge in [-0.2, -0.15) is 0 Å². The van der Waals surface area contributed by atoms with Gasteiger partial charge in [-0.1, -0.05) is 18.2 Å². The van der Waals surface area contributed by atoms with Crippen LogP contribution in [0.15, 0.2) is 18.2 Å². The van der Waals surface area contributed by atoms with Gasteiger partial charge in [0.25, 0.3) is 0 Å². The van der Waals surface area contributed by atoms with E-state index in [9.17, 15) is 4.79 Å². The van der Waals surface area contributed by atoms with E-state index in [1.165, 1.54) is 5.56 Å². The topological polar surface area (TPSA) is 55.6 Å². The number of ether oxygens (including phenoxy) is 1. The summed E-state index contributed by atoms with van der Waals surface area (Å²) < 4.78 is 5.49. The van der Waals surface area contributed by atoms with Crippen molar-refractivity contribution in [1.29, 1.82) is 0 Å². The zero-order chi connectivity index (χ0) is 14.9. The molecule has 4 heteroatoms. The molecule has 0 fully saturated rings. The number of fused-ring (bicyclic) bond motifs is 1. The number of nitrogens with zero attached hydrogens (tertiary/aromatic N) is 1. The van der Waals surface area contributed by atoms with Crippen LogP contribution in [-0.4, -0.2) is 24.3 Å². The lowest BCUT2D eigenvalue weighted by Gasteiger charge is -2.26. The minimum absolute atomic E-state index is 0.0718. The van der Waals surface area contributed by atoms with Gasteiger partial charge in [0, 0.05) is 12.6 Å². The standard InChI is InChI=1S/C16H24N2O2/c1-11(17)10-13-7-5-6-12-8-9-18(14(12)13)15(19)20-16(2,3)4/h5-7,11H,8-10,17H2,1-4H3. The van der Waals surface area contributed by atoms with E-state index in [1.807, 2.05) is 39.8 Å². The number of rotatable bonds is 2. The van der Waals surface area contributed by atoms with Crippen molar-refractivity contribution in [1.82, 2.24) is 0 Å². The fraction of sp³-hybridized carbons (Fsp3) is 0.562. The summed E-state index contributed by atoms with van der Waals surface area (Å²) in [6.45, 7) is 8.31. The van der Waals surface area contributed by atoms with Gasteiger partial charge in [0.05, 0.1) is 5.69 Å². The molecular weight excluding hydrogens is 252 g/mol. The first-order valence-corrected chi connectivity index (χ1v) is 7.15. The lowest BCUT2D eigenvalue weighted by atomic mass is 10.0. The summed E-state index contributed by atoms with van der Waals surface area (Å²) in [5, 5.41) is 0. The number of anilines is 1. The Bertz CT molecular complexity index is 504. The monoisotopic (exact) mass is 276 g/mol. The zero-order valence-corrected chi connectivity index (χ0v) is 12.8. The second-order valence-corrected chi connectivity index (χ2v) is 6.49. The van der Waals surface area contributed by atoms with E-state index in [0.717, 1.165) is 24.1 Å². The first-order chi connectivity index (χ1) is 9.28. The maximum Gasteiger partial charge on any atom is 0.414 e. The van der Waals surface area contributed by atoms with Gasteiger partial charge in [-0.3, -0.25) is 4.90 Å². The Morgan fingerprint density at radius 1 is 1.45 bits per heavy atom. The van der Waals surface area contributed by atoms with Crippen LogP contribution in [0.4, 0.5) is 10.5 Å². The van der Waals surface area contributed by atoms with Gasteiger partial charge < -0.3 is 10.5 Å². The van der Waals surface area contributed by atoms with Crippen LogP contribution < -0.4 is 10.6 Å². The van der Waals surface area contributed by atoms with E-state index >= 15 is 0 Å². The fourth-order valence-electron chi connectivity index (χ4n) is 2.55. The second kappa shape index (κ2) is 5.44. The first kappa shape index (κ1) is 14.9. The minimum atomic E-state index is -0.476. The molecule has 4 nitrogen and oxygen atoms in total. The SMILES string of the molecule is CC(N)Cc1cccc2c1N(C(=O)OC(C)(C)C)CC2. The van der Waals surface area contributed by atoms with Crippen LogP contribution in [0.3, 0.4) is 0 Å². The zero-order valence-electron chi connectivity index (χ0n) is 12.8. The summed E-state index contributed by atoms with van der Waals surface area (Å²) in [6, 6.07) is 6.23. The molecule has 110 valence electrons. The highest BCUT2D eigenvalue weighted by atomic mass is 16.6. The predicted octanol–water partition coefficient (Wildman–Crippen LogP) is 2.87. The van der Waals surface area contributed by atoms with Crippen LogP contribution in [0, 0.1) is 0 Å². The average Bonchev–Trinajstić information content (AvgIpc) is 2.70. The first-order valence-electron chi connectivity index (χ1n) is 7.15. The molecule has 0 saturated carbocycles. The number of hydrogen-bond acceptors (Lipinski definition) is 3. The predicted molar refractivity (Wildman–Crippen MR) is 81.1 cm³/mol. The van der Waals surface area contributed by atoms with Crippen LogP contribution in [0.1, 0.15) is 38.8 Å². The molecule has 2 rings (SSSR count). The van der Waals surface area contributed by atoms with Gasteiger partial charge in [-0.15, -0.1) is 0 Å². The molecule has 2 N–H and O–H groups in total. The lowest BCUT2D eigenvalue weighted by Crippen LogP contribution is -2.36. The number of nitrogens with two attached hydrogens (primary N) is 1. The molecule has 0 radical (unpaired) electrons. The molecule has 20 heavy (non-hydrogen) atoms. The summed E-state index contributed by atoms with van der Waals surface area (Å²) in [5.74, 6) is 0. The average molecular weight is 276 g/mol. The molecule has 0 spiro atoms. The van der Waals surface area contributed by atoms with E-state index < -0.39 is 5.60 Å². The van der Waals surface area contributed by atoms with Crippen molar-refractivity contribution in [3.05, 3.63) is 29.3 Å². The van der Waals surface area contributed by atoms with Crippen molar-refractivity contribution < 1.29 is 9.53 Å². The quantitative estimate of drug-likeness (QED) is 0.903. The maximum absolute atomic E-state index is 12.3. The highest BCUT2D eigenvalue weighted by molar-refractivity contribution is 5.91. The smallest absolute Gasteiger partial charge is 0.414 e. The molecule has 1 aromatic carbocycles. The van der Waals surface area contributed by atoms with Crippen molar-refractivity contribution in [3.63, 3.8) is 0 Å². The van der Waals surface area contributed by atoms with Gasteiger partial charge >= 0.3 is 6.09 Å². The van der Waals surface area contributed by atoms with Crippen LogP contribution >= 0.6 is 0 Å². The third-order valence-electron chi connectivity index (χ3n) is 3.23. The molecule has 1 aliphatic heterocycles. The number of carbonyl (C=O) groups excluding carboxylic acids is 1. The molecule has 1 unspecified atom stereocenters. The molecule has 1 heterocycles. The van der Waals surface area contributed by atoms with Crippen molar-refractivity contribution in [3.8, 4) is 0 Å². The summed E-state index contributed by atoms with van der Waals surface area (Å²) in [5.41, 5.74) is 8.76. The molecule has 1 atom stereocenters. The number of para-hydroxylation sites is 1. The van der Waals surface area contributed by atoms with Crippen molar-refractivity contribution in [2.24, 2.45) is 5.73 Å². The van der Waals surface area contributed by atoms with Gasteiger partial charge in [-0.05, 0) is 51.7 Å². The van der Waals surface area contributed by atoms with E-state index in [2.05, 4.69) is 6.07 Å². The number of amides is 1. The van der Waals surface area contributed by atoms with Crippen molar-refractivity contribution in [2.45, 2.75) is 52.2 Å². The molecule has 1 aliphatic rings. The number of benzene rings is 1. The summed E-state index contributed by atoms with van der Waals surface area (Å²) in [4.78, 5) is 14.1. The second-order valence-electron chi connectivity index (χ2n) is 6.49. The Balaban J connectivity index is 2.28. The highest BCUT2D eigenvalue weighted by Crippen LogP contribution is 2.33. The largest absolute Gasteiger partial charge is 0.443 e. The summed E-state index contributed by atoms with van der Waals surface area (Å²) in [6.07, 6.45) is 1.37. The van der Waals surface area contributed by atoms with E-state index in [-0.39, 0.29) is 12.1 Å². The van der Waals surface area contributed by atoms with Crippen molar-refractivity contribution in [2.75, 3.05) is 11.4 Å². The summed E-state index contributed by atoms with van der Waals surface area (Å²) >= 11 is 0. The molecule has 0 bridgehead atoms. The molecule has 0 aliphatic carbocycles. The van der Waals surface area contributed by atoms with Crippen LogP contribution in [-0.2, 0) is 17.6 Å². The Hall–Kier alpha value is -1.55. The Morgan fingerprint density at radius 2 is 2.15 bits per heavy atom. The Morgan fingerprint density at radius 3 is 2.75 bits per heavy atom. The van der Waals surface area contributed by atoms with E-state index in [1.54, 1.807) is 4.90 Å². The van der Waals surface area contributed by atoms with Crippen LogP contribution in [0.25, 0.3) is 0 Å². The lowest BCUT2D eigenvalue weighted by molar-refractivity contribution is 0.0583. The Kier molecular flexibility index (Phi) is 4.04. The molecule has 0 saturated heterocycles. The normalized spacial score (nSPS) is 15.9. The van der Waals surface area contributed by atoms with Crippen LogP contribution in [0.5, 0.6) is 0 Å². The van der Waals surface area contributed by atoms with E-state index in [4.69, 9.17) is 10.5 Å². The van der Waals surface area contributed by atoms with Gasteiger partial charge in [-0.25, -0.2) is 4.79 Å². The molecule has 1 amide bonds. The third kappa shape index (κ3) is 3.31. The molecule has 1 aromatic rings. The highest BCUT2D eigenvalue weighted by Gasteiger charge is 2.30. The Labute approximate surface area is 120 Å². The molecule has 0 aromatic heterocycles. The van der Waals surface area contributed by atoms with Crippen molar-refractivity contribution >= 4 is 11.8 Å². The summed E-state index contributed by atoms with van der Waals surface area (Å²) in [7, 11) is 0. The minimum Gasteiger partial charge on any atom is -0.443 e. The maximum atomic E-state index is 12.3. The van der Waals surface area contributed by atoms with Gasteiger partial charge in [0.1, 0.15) is 5.60 Å². The number of hydrogen-bond donors (Lipinski definition) is 1. The third-order valence-corrected chi connectivity index (χ3v) is 3.23. The van der Waals surface area contributed by atoms with Gasteiger partial charge in [0.15, 0.2) is 0 Å².